The molecule has 0 spiro atoms. The van der Waals surface area contributed by atoms with Crippen molar-refractivity contribution in [1.82, 2.24) is 4.57 Å². The van der Waals surface area contributed by atoms with Crippen LogP contribution >= 0.6 is 15.9 Å². The lowest BCUT2D eigenvalue weighted by atomic mass is 10.1. The molecule has 96 valence electrons. The Bertz CT molecular complexity index is 782. The molecule has 0 N–H and O–H groups in total. The molecular formula is C17H11BrN2. The molecule has 0 bridgehead atoms. The zero-order valence-corrected chi connectivity index (χ0v) is 12.2. The fraction of sp³-hybridized carbons (Fsp3) is 0. The van der Waals surface area contributed by atoms with Crippen molar-refractivity contribution in [3.05, 3.63) is 76.9 Å². The van der Waals surface area contributed by atoms with Crippen molar-refractivity contribution >= 4 is 15.9 Å². The topological polar surface area (TPSA) is 28.7 Å². The van der Waals surface area contributed by atoms with E-state index in [1.807, 2.05) is 48.7 Å². The number of rotatable bonds is 2. The minimum absolute atomic E-state index is 0.641. The Morgan fingerprint density at radius 2 is 1.75 bits per heavy atom. The van der Waals surface area contributed by atoms with Crippen molar-refractivity contribution < 1.29 is 0 Å². The highest BCUT2D eigenvalue weighted by atomic mass is 79.9. The van der Waals surface area contributed by atoms with Crippen molar-refractivity contribution in [3.63, 3.8) is 0 Å². The maximum absolute atomic E-state index is 8.99. The smallest absolute Gasteiger partial charge is 0.100 e. The van der Waals surface area contributed by atoms with Gasteiger partial charge < -0.3 is 4.57 Å². The third-order valence-corrected chi connectivity index (χ3v) is 3.83. The first-order valence-electron chi connectivity index (χ1n) is 6.22. The summed E-state index contributed by atoms with van der Waals surface area (Å²) in [6.45, 7) is 0. The summed E-state index contributed by atoms with van der Waals surface area (Å²) in [5.41, 5.74) is 3.96. The summed E-state index contributed by atoms with van der Waals surface area (Å²) in [5, 5.41) is 8.99. The lowest BCUT2D eigenvalue weighted by molar-refractivity contribution is 1.08. The van der Waals surface area contributed by atoms with Crippen molar-refractivity contribution in [2.24, 2.45) is 0 Å². The molecule has 0 saturated carbocycles. The highest BCUT2D eigenvalue weighted by molar-refractivity contribution is 9.10. The molecular weight excluding hydrogens is 312 g/mol. The van der Waals surface area contributed by atoms with Gasteiger partial charge in [0.05, 0.1) is 11.3 Å². The summed E-state index contributed by atoms with van der Waals surface area (Å²) in [5.74, 6) is 0. The van der Waals surface area contributed by atoms with Gasteiger partial charge in [-0.2, -0.15) is 5.26 Å². The minimum Gasteiger partial charge on any atom is -0.317 e. The van der Waals surface area contributed by atoms with Gasteiger partial charge in [-0.05, 0) is 51.8 Å². The lowest BCUT2D eigenvalue weighted by Crippen LogP contribution is -1.95. The molecule has 2 nitrogen and oxygen atoms in total. The first kappa shape index (κ1) is 12.7. The third kappa shape index (κ3) is 2.26. The van der Waals surface area contributed by atoms with Crippen LogP contribution in [0.5, 0.6) is 0 Å². The van der Waals surface area contributed by atoms with Gasteiger partial charge in [-0.3, -0.25) is 0 Å². The zero-order chi connectivity index (χ0) is 13.9. The SMILES string of the molecule is N#Cc1ccc(-n2cccc2-c2ccccc2)cc1Br. The minimum atomic E-state index is 0.641. The Labute approximate surface area is 126 Å². The molecule has 3 rings (SSSR count). The molecule has 1 aromatic heterocycles. The highest BCUT2D eigenvalue weighted by Gasteiger charge is 2.07. The molecule has 3 heteroatoms. The van der Waals surface area contributed by atoms with E-state index in [1.165, 1.54) is 0 Å². The summed E-state index contributed by atoms with van der Waals surface area (Å²) in [6.07, 6.45) is 2.02. The Morgan fingerprint density at radius 1 is 0.950 bits per heavy atom. The molecule has 3 aromatic rings. The van der Waals surface area contributed by atoms with E-state index in [0.717, 1.165) is 21.4 Å². The van der Waals surface area contributed by atoms with E-state index in [-0.39, 0.29) is 0 Å². The van der Waals surface area contributed by atoms with Crippen molar-refractivity contribution in [1.29, 1.82) is 5.26 Å². The Hall–Kier alpha value is -2.31. The second-order valence-corrected chi connectivity index (χ2v) is 5.26. The maximum Gasteiger partial charge on any atom is 0.100 e. The van der Waals surface area contributed by atoms with E-state index < -0.39 is 0 Å². The van der Waals surface area contributed by atoms with E-state index in [0.29, 0.717) is 5.56 Å². The van der Waals surface area contributed by atoms with E-state index in [2.05, 4.69) is 44.8 Å². The van der Waals surface area contributed by atoms with Gasteiger partial charge in [-0.1, -0.05) is 30.3 Å². The predicted molar refractivity (Wildman–Crippen MR) is 83.6 cm³/mol. The molecule has 0 aliphatic rings. The first-order valence-corrected chi connectivity index (χ1v) is 7.02. The molecule has 0 aliphatic heterocycles. The van der Waals surface area contributed by atoms with Crippen LogP contribution in [0.25, 0.3) is 16.9 Å². The Balaban J connectivity index is 2.11. The Kier molecular flexibility index (Phi) is 3.41. The van der Waals surface area contributed by atoms with Gasteiger partial charge in [0.25, 0.3) is 0 Å². The van der Waals surface area contributed by atoms with Gasteiger partial charge in [0.15, 0.2) is 0 Å². The number of nitriles is 1. The number of nitrogens with zero attached hydrogens (tertiary/aromatic N) is 2. The Morgan fingerprint density at radius 3 is 2.45 bits per heavy atom. The van der Waals surface area contributed by atoms with E-state index >= 15 is 0 Å². The van der Waals surface area contributed by atoms with Gasteiger partial charge in [0, 0.05) is 16.4 Å². The molecule has 2 aromatic carbocycles. The van der Waals surface area contributed by atoms with Crippen LogP contribution in [0.1, 0.15) is 5.56 Å². The van der Waals surface area contributed by atoms with Crippen LogP contribution in [0.3, 0.4) is 0 Å². The van der Waals surface area contributed by atoms with Crippen molar-refractivity contribution in [2.75, 3.05) is 0 Å². The van der Waals surface area contributed by atoms with Crippen LogP contribution < -0.4 is 0 Å². The quantitative estimate of drug-likeness (QED) is 0.667. The largest absolute Gasteiger partial charge is 0.317 e. The second kappa shape index (κ2) is 5.36. The lowest BCUT2D eigenvalue weighted by Gasteiger charge is -2.10. The van der Waals surface area contributed by atoms with E-state index in [9.17, 15) is 0 Å². The average Bonchev–Trinajstić information content (AvgIpc) is 2.97. The average molecular weight is 323 g/mol. The van der Waals surface area contributed by atoms with Crippen LogP contribution in [0.2, 0.25) is 0 Å². The molecule has 0 aliphatic carbocycles. The van der Waals surface area contributed by atoms with Gasteiger partial charge in [0.1, 0.15) is 6.07 Å². The maximum atomic E-state index is 8.99. The number of hydrogen-bond donors (Lipinski definition) is 0. The normalized spacial score (nSPS) is 10.2. The van der Waals surface area contributed by atoms with E-state index in [4.69, 9.17) is 5.26 Å². The number of benzene rings is 2. The standard InChI is InChI=1S/C17H11BrN2/c18-16-11-15(9-8-14(16)12-19)20-10-4-7-17(20)13-5-2-1-3-6-13/h1-11H. The summed E-state index contributed by atoms with van der Waals surface area (Å²) in [7, 11) is 0. The van der Waals surface area contributed by atoms with Gasteiger partial charge in [-0.15, -0.1) is 0 Å². The predicted octanol–water partition coefficient (Wildman–Crippen LogP) is 4.78. The van der Waals surface area contributed by atoms with Gasteiger partial charge >= 0.3 is 0 Å². The van der Waals surface area contributed by atoms with Crippen LogP contribution in [0, 0.1) is 11.3 Å². The molecule has 1 heterocycles. The number of aromatic nitrogens is 1. The monoisotopic (exact) mass is 322 g/mol. The van der Waals surface area contributed by atoms with Crippen LogP contribution in [0.15, 0.2) is 71.3 Å². The second-order valence-electron chi connectivity index (χ2n) is 4.41. The number of halogens is 1. The molecule has 0 atom stereocenters. The molecule has 0 saturated heterocycles. The van der Waals surface area contributed by atoms with Crippen LogP contribution in [0.4, 0.5) is 0 Å². The molecule has 0 unspecified atom stereocenters. The fourth-order valence-electron chi connectivity index (χ4n) is 2.19. The van der Waals surface area contributed by atoms with Gasteiger partial charge in [0.2, 0.25) is 0 Å². The summed E-state index contributed by atoms with van der Waals surface area (Å²) < 4.78 is 2.92. The fourth-order valence-corrected chi connectivity index (χ4v) is 2.65. The molecule has 20 heavy (non-hydrogen) atoms. The van der Waals surface area contributed by atoms with Gasteiger partial charge in [-0.25, -0.2) is 0 Å². The molecule has 0 fully saturated rings. The summed E-state index contributed by atoms with van der Waals surface area (Å²) >= 11 is 3.44. The van der Waals surface area contributed by atoms with Crippen molar-refractivity contribution in [3.8, 4) is 23.0 Å². The summed E-state index contributed by atoms with van der Waals surface area (Å²) in [6, 6.07) is 22.3. The zero-order valence-electron chi connectivity index (χ0n) is 10.6. The highest BCUT2D eigenvalue weighted by Crippen LogP contribution is 2.26. The first-order chi connectivity index (χ1) is 9.79. The van der Waals surface area contributed by atoms with Crippen LogP contribution in [-0.4, -0.2) is 4.57 Å². The van der Waals surface area contributed by atoms with Crippen molar-refractivity contribution in [2.45, 2.75) is 0 Å². The third-order valence-electron chi connectivity index (χ3n) is 3.17. The number of hydrogen-bond acceptors (Lipinski definition) is 1. The summed E-state index contributed by atoms with van der Waals surface area (Å²) in [4.78, 5) is 0. The molecule has 0 radical (unpaired) electrons. The van der Waals surface area contributed by atoms with E-state index in [1.54, 1.807) is 0 Å². The molecule has 0 amide bonds. The van der Waals surface area contributed by atoms with Crippen LogP contribution in [-0.2, 0) is 0 Å².